The van der Waals surface area contributed by atoms with Crippen molar-refractivity contribution in [3.05, 3.63) is 53.6 Å². The molecule has 0 aromatic heterocycles. The van der Waals surface area contributed by atoms with E-state index in [-0.39, 0.29) is 5.91 Å². The third-order valence-electron chi connectivity index (χ3n) is 3.26. The highest BCUT2D eigenvalue weighted by molar-refractivity contribution is 5.97. The van der Waals surface area contributed by atoms with Gasteiger partial charge in [0, 0.05) is 6.54 Å². The fourth-order valence-electron chi connectivity index (χ4n) is 2.01. The Bertz CT molecular complexity index is 638. The highest BCUT2D eigenvalue weighted by atomic mass is 16.5. The first kappa shape index (κ1) is 15.7. The van der Waals surface area contributed by atoms with E-state index in [2.05, 4.69) is 5.32 Å². The van der Waals surface area contributed by atoms with E-state index in [1.54, 1.807) is 32.4 Å². The van der Waals surface area contributed by atoms with E-state index in [0.717, 1.165) is 11.3 Å². The Morgan fingerprint density at radius 1 is 0.909 bits per heavy atom. The van der Waals surface area contributed by atoms with Crippen LogP contribution in [0.4, 0.5) is 0 Å². The van der Waals surface area contributed by atoms with Crippen molar-refractivity contribution in [3.8, 4) is 17.2 Å². The summed E-state index contributed by atoms with van der Waals surface area (Å²) in [6.07, 6.45) is 0. The van der Waals surface area contributed by atoms with Crippen LogP contribution in [0.2, 0.25) is 0 Å². The molecule has 0 radical (unpaired) electrons. The van der Waals surface area contributed by atoms with Gasteiger partial charge in [0.05, 0.1) is 26.9 Å². The van der Waals surface area contributed by atoms with Gasteiger partial charge in [0.15, 0.2) is 0 Å². The lowest BCUT2D eigenvalue weighted by molar-refractivity contribution is 0.0947. The first-order valence-electron chi connectivity index (χ1n) is 6.81. The summed E-state index contributed by atoms with van der Waals surface area (Å²) in [6.45, 7) is 0.420. The van der Waals surface area contributed by atoms with E-state index >= 15 is 0 Å². The lowest BCUT2D eigenvalue weighted by atomic mass is 10.1. The third kappa shape index (κ3) is 3.69. The molecule has 2 aromatic carbocycles. The molecular formula is C17H19NO4. The van der Waals surface area contributed by atoms with Crippen LogP contribution in [0.15, 0.2) is 42.5 Å². The van der Waals surface area contributed by atoms with Gasteiger partial charge < -0.3 is 19.5 Å². The van der Waals surface area contributed by atoms with E-state index in [0.29, 0.717) is 23.6 Å². The zero-order chi connectivity index (χ0) is 15.9. The number of carbonyl (C=O) groups excluding carboxylic acids is 1. The number of hydrogen-bond acceptors (Lipinski definition) is 4. The molecule has 0 heterocycles. The molecule has 0 aliphatic rings. The van der Waals surface area contributed by atoms with Gasteiger partial charge >= 0.3 is 0 Å². The minimum atomic E-state index is -0.216. The molecule has 0 saturated carbocycles. The molecule has 0 fully saturated rings. The van der Waals surface area contributed by atoms with Crippen molar-refractivity contribution >= 4 is 5.91 Å². The molecular weight excluding hydrogens is 282 g/mol. The Balaban J connectivity index is 2.08. The van der Waals surface area contributed by atoms with Crippen molar-refractivity contribution in [1.29, 1.82) is 0 Å². The Morgan fingerprint density at radius 3 is 2.14 bits per heavy atom. The first-order chi connectivity index (χ1) is 10.7. The van der Waals surface area contributed by atoms with Crippen LogP contribution in [0, 0.1) is 0 Å². The topological polar surface area (TPSA) is 56.8 Å². The summed E-state index contributed by atoms with van der Waals surface area (Å²) >= 11 is 0. The molecule has 22 heavy (non-hydrogen) atoms. The van der Waals surface area contributed by atoms with Crippen LogP contribution in [0.3, 0.4) is 0 Å². The second kappa shape index (κ2) is 7.36. The molecule has 2 aromatic rings. The smallest absolute Gasteiger partial charge is 0.255 e. The third-order valence-corrected chi connectivity index (χ3v) is 3.26. The molecule has 2 rings (SSSR count). The van der Waals surface area contributed by atoms with Gasteiger partial charge in [-0.25, -0.2) is 0 Å². The number of amides is 1. The largest absolute Gasteiger partial charge is 0.497 e. The average molecular weight is 301 g/mol. The maximum Gasteiger partial charge on any atom is 0.255 e. The molecule has 0 spiro atoms. The first-order valence-corrected chi connectivity index (χ1v) is 6.81. The van der Waals surface area contributed by atoms with Gasteiger partial charge in [-0.15, -0.1) is 0 Å². The van der Waals surface area contributed by atoms with Gasteiger partial charge in [-0.2, -0.15) is 0 Å². The number of rotatable bonds is 6. The van der Waals surface area contributed by atoms with Crippen molar-refractivity contribution in [1.82, 2.24) is 5.32 Å². The highest BCUT2D eigenvalue weighted by Gasteiger charge is 2.13. The quantitative estimate of drug-likeness (QED) is 0.891. The van der Waals surface area contributed by atoms with Gasteiger partial charge in [0.25, 0.3) is 5.91 Å². The zero-order valence-electron chi connectivity index (χ0n) is 12.9. The number of carbonyl (C=O) groups is 1. The number of methoxy groups -OCH3 is 3. The molecule has 116 valence electrons. The number of benzene rings is 2. The Labute approximate surface area is 129 Å². The zero-order valence-corrected chi connectivity index (χ0v) is 12.9. The van der Waals surface area contributed by atoms with Crippen LogP contribution in [0.25, 0.3) is 0 Å². The fourth-order valence-corrected chi connectivity index (χ4v) is 2.01. The lowest BCUT2D eigenvalue weighted by Gasteiger charge is -2.11. The molecule has 0 aliphatic carbocycles. The van der Waals surface area contributed by atoms with E-state index < -0.39 is 0 Å². The molecule has 0 bridgehead atoms. The Kier molecular flexibility index (Phi) is 5.25. The number of nitrogens with one attached hydrogen (secondary N) is 1. The maximum absolute atomic E-state index is 12.3. The van der Waals surface area contributed by atoms with E-state index in [4.69, 9.17) is 14.2 Å². The van der Waals surface area contributed by atoms with Gasteiger partial charge in [-0.1, -0.05) is 12.1 Å². The SMILES string of the molecule is COc1ccc(CNC(=O)c2cc(OC)ccc2OC)cc1. The van der Waals surface area contributed by atoms with Crippen LogP contribution >= 0.6 is 0 Å². The molecule has 0 atom stereocenters. The fraction of sp³-hybridized carbons (Fsp3) is 0.235. The van der Waals surface area contributed by atoms with Gasteiger partial charge in [-0.3, -0.25) is 4.79 Å². The van der Waals surface area contributed by atoms with Crippen molar-refractivity contribution in [2.75, 3.05) is 21.3 Å². The second-order valence-corrected chi connectivity index (χ2v) is 4.60. The van der Waals surface area contributed by atoms with Gasteiger partial charge in [0.1, 0.15) is 17.2 Å². The van der Waals surface area contributed by atoms with Crippen LogP contribution in [0.5, 0.6) is 17.2 Å². The van der Waals surface area contributed by atoms with Crippen LogP contribution in [0.1, 0.15) is 15.9 Å². The number of hydrogen-bond donors (Lipinski definition) is 1. The molecule has 0 saturated heterocycles. The predicted molar refractivity (Wildman–Crippen MR) is 83.7 cm³/mol. The Morgan fingerprint density at radius 2 is 1.55 bits per heavy atom. The van der Waals surface area contributed by atoms with Gasteiger partial charge in [0.2, 0.25) is 0 Å². The highest BCUT2D eigenvalue weighted by Crippen LogP contribution is 2.23. The predicted octanol–water partition coefficient (Wildman–Crippen LogP) is 2.64. The second-order valence-electron chi connectivity index (χ2n) is 4.60. The summed E-state index contributed by atoms with van der Waals surface area (Å²) in [4.78, 5) is 12.3. The summed E-state index contributed by atoms with van der Waals surface area (Å²) in [7, 11) is 4.70. The molecule has 5 heteroatoms. The number of ether oxygens (including phenoxy) is 3. The Hall–Kier alpha value is -2.69. The van der Waals surface area contributed by atoms with Crippen LogP contribution in [-0.2, 0) is 6.54 Å². The summed E-state index contributed by atoms with van der Waals surface area (Å²) in [5, 5.41) is 2.86. The van der Waals surface area contributed by atoms with Crippen molar-refractivity contribution in [2.45, 2.75) is 6.54 Å². The molecule has 0 unspecified atom stereocenters. The minimum absolute atomic E-state index is 0.216. The van der Waals surface area contributed by atoms with Gasteiger partial charge in [-0.05, 0) is 35.9 Å². The molecule has 1 amide bonds. The normalized spacial score (nSPS) is 9.95. The van der Waals surface area contributed by atoms with Crippen molar-refractivity contribution in [3.63, 3.8) is 0 Å². The lowest BCUT2D eigenvalue weighted by Crippen LogP contribution is -2.23. The van der Waals surface area contributed by atoms with Crippen LogP contribution < -0.4 is 19.5 Å². The minimum Gasteiger partial charge on any atom is -0.497 e. The standard InChI is InChI=1S/C17H19NO4/c1-20-13-6-4-12(5-7-13)11-18-17(19)15-10-14(21-2)8-9-16(15)22-3/h4-10H,11H2,1-3H3,(H,18,19). The molecule has 0 aliphatic heterocycles. The molecule has 5 nitrogen and oxygen atoms in total. The van der Waals surface area contributed by atoms with E-state index in [1.807, 2.05) is 24.3 Å². The maximum atomic E-state index is 12.3. The van der Waals surface area contributed by atoms with E-state index in [1.165, 1.54) is 7.11 Å². The summed E-state index contributed by atoms with van der Waals surface area (Å²) in [6, 6.07) is 12.6. The summed E-state index contributed by atoms with van der Waals surface area (Å²) < 4.78 is 15.5. The summed E-state index contributed by atoms with van der Waals surface area (Å²) in [5.74, 6) is 1.68. The van der Waals surface area contributed by atoms with Crippen molar-refractivity contribution < 1.29 is 19.0 Å². The summed E-state index contributed by atoms with van der Waals surface area (Å²) in [5.41, 5.74) is 1.42. The monoisotopic (exact) mass is 301 g/mol. The average Bonchev–Trinajstić information content (AvgIpc) is 2.59. The molecule has 1 N–H and O–H groups in total. The van der Waals surface area contributed by atoms with Crippen molar-refractivity contribution in [2.24, 2.45) is 0 Å². The van der Waals surface area contributed by atoms with E-state index in [9.17, 15) is 4.79 Å². The van der Waals surface area contributed by atoms with Crippen LogP contribution in [-0.4, -0.2) is 27.2 Å².